The standard InChI is InChI=1S/C30H28N4O4/c1-3-15-31-28(35)18-11-13-20(14-12-18)33-29(36)25-17-23-22-9-4-5-10-24(22)32-26(23)27(34(25)30(33)37)19-7-6-8-21(16-19)38-2/h4-14,16,25,27,32H,3,15,17H2,1-2H3,(H,31,35). The number of nitrogens with one attached hydrogen (secondary N) is 2. The largest absolute Gasteiger partial charge is 0.497 e. The fourth-order valence-electron chi connectivity index (χ4n) is 5.57. The number of benzene rings is 3. The number of hydrogen-bond donors (Lipinski definition) is 2. The Morgan fingerprint density at radius 1 is 1.05 bits per heavy atom. The average molecular weight is 509 g/mol. The summed E-state index contributed by atoms with van der Waals surface area (Å²) in [5.74, 6) is 0.217. The molecule has 8 nitrogen and oxygen atoms in total. The Bertz CT molecular complexity index is 1560. The number of urea groups is 1. The highest BCUT2D eigenvalue weighted by Crippen LogP contribution is 2.45. The molecule has 38 heavy (non-hydrogen) atoms. The normalized spacial score (nSPS) is 18.5. The average Bonchev–Trinajstić information content (AvgIpc) is 3.44. The summed E-state index contributed by atoms with van der Waals surface area (Å²) in [5, 5.41) is 3.89. The Hall–Kier alpha value is -4.59. The van der Waals surface area contributed by atoms with Gasteiger partial charge in [0, 0.05) is 35.1 Å². The van der Waals surface area contributed by atoms with Crippen LogP contribution in [0.3, 0.4) is 0 Å². The smallest absolute Gasteiger partial charge is 0.332 e. The highest BCUT2D eigenvalue weighted by molar-refractivity contribution is 6.22. The second kappa shape index (κ2) is 9.37. The first-order valence-corrected chi connectivity index (χ1v) is 12.8. The second-order valence-electron chi connectivity index (χ2n) is 9.63. The van der Waals surface area contributed by atoms with Gasteiger partial charge in [-0.3, -0.25) is 14.5 Å². The van der Waals surface area contributed by atoms with E-state index in [0.717, 1.165) is 34.1 Å². The molecule has 2 unspecified atom stereocenters. The Morgan fingerprint density at radius 3 is 2.61 bits per heavy atom. The number of imide groups is 1. The number of carbonyl (C=O) groups is 3. The monoisotopic (exact) mass is 508 g/mol. The molecule has 2 N–H and O–H groups in total. The van der Waals surface area contributed by atoms with E-state index in [2.05, 4.69) is 10.3 Å². The minimum absolute atomic E-state index is 0.182. The SMILES string of the molecule is CCCNC(=O)c1ccc(N2C(=O)C3Cc4c([nH]c5ccccc45)C(c4cccc(OC)c4)N3C2=O)cc1. The Labute approximate surface area is 220 Å². The van der Waals surface area contributed by atoms with Gasteiger partial charge in [-0.2, -0.15) is 0 Å². The van der Waals surface area contributed by atoms with E-state index in [0.29, 0.717) is 30.0 Å². The van der Waals surface area contributed by atoms with E-state index in [1.165, 1.54) is 4.90 Å². The summed E-state index contributed by atoms with van der Waals surface area (Å²) in [6.45, 7) is 2.57. The van der Waals surface area contributed by atoms with Gasteiger partial charge in [0.15, 0.2) is 0 Å². The molecule has 2 aliphatic rings. The molecule has 192 valence electrons. The number of methoxy groups -OCH3 is 1. The van der Waals surface area contributed by atoms with Gasteiger partial charge in [-0.25, -0.2) is 9.69 Å². The topological polar surface area (TPSA) is 94.7 Å². The van der Waals surface area contributed by atoms with Gasteiger partial charge in [-0.15, -0.1) is 0 Å². The number of fused-ring (bicyclic) bond motifs is 4. The van der Waals surface area contributed by atoms with Crippen molar-refractivity contribution in [3.8, 4) is 5.75 Å². The number of carbonyl (C=O) groups excluding carboxylic acids is 3. The van der Waals surface area contributed by atoms with E-state index in [4.69, 9.17) is 4.74 Å². The van der Waals surface area contributed by atoms with Crippen LogP contribution in [0.15, 0.2) is 72.8 Å². The van der Waals surface area contributed by atoms with Crippen LogP contribution in [0.25, 0.3) is 10.9 Å². The van der Waals surface area contributed by atoms with Crippen molar-refractivity contribution in [2.24, 2.45) is 0 Å². The summed E-state index contributed by atoms with van der Waals surface area (Å²) < 4.78 is 5.47. The second-order valence-corrected chi connectivity index (χ2v) is 9.63. The molecule has 3 aromatic carbocycles. The lowest BCUT2D eigenvalue weighted by molar-refractivity contribution is -0.120. The van der Waals surface area contributed by atoms with Gasteiger partial charge in [-0.1, -0.05) is 37.3 Å². The molecule has 0 bridgehead atoms. The molecule has 3 heterocycles. The fraction of sp³-hybridized carbons (Fsp3) is 0.233. The summed E-state index contributed by atoms with van der Waals surface area (Å²) in [6.07, 6.45) is 1.25. The van der Waals surface area contributed by atoms with Crippen molar-refractivity contribution in [2.45, 2.75) is 31.8 Å². The summed E-state index contributed by atoms with van der Waals surface area (Å²) in [4.78, 5) is 46.6. The molecule has 0 radical (unpaired) electrons. The highest BCUT2D eigenvalue weighted by Gasteiger charge is 2.53. The number of para-hydroxylation sites is 1. The van der Waals surface area contributed by atoms with Crippen molar-refractivity contribution >= 4 is 34.4 Å². The summed E-state index contributed by atoms with van der Waals surface area (Å²) >= 11 is 0. The summed E-state index contributed by atoms with van der Waals surface area (Å²) in [5.41, 5.74) is 4.70. The van der Waals surface area contributed by atoms with E-state index in [-0.39, 0.29) is 17.8 Å². The van der Waals surface area contributed by atoms with Gasteiger partial charge in [-0.05, 0) is 60.0 Å². The molecule has 0 saturated carbocycles. The minimum atomic E-state index is -0.655. The van der Waals surface area contributed by atoms with Gasteiger partial charge in [0.1, 0.15) is 17.8 Å². The number of anilines is 1. The molecule has 0 aliphatic carbocycles. The lowest BCUT2D eigenvalue weighted by atomic mass is 9.89. The molecule has 2 aliphatic heterocycles. The Morgan fingerprint density at radius 2 is 1.84 bits per heavy atom. The van der Waals surface area contributed by atoms with E-state index in [1.54, 1.807) is 36.3 Å². The van der Waals surface area contributed by atoms with Gasteiger partial charge < -0.3 is 15.0 Å². The lowest BCUT2D eigenvalue weighted by Gasteiger charge is -2.36. The number of aromatic amines is 1. The van der Waals surface area contributed by atoms with Crippen molar-refractivity contribution in [3.05, 3.63) is 95.2 Å². The van der Waals surface area contributed by atoms with Crippen molar-refractivity contribution < 1.29 is 19.1 Å². The van der Waals surface area contributed by atoms with Crippen molar-refractivity contribution in [1.82, 2.24) is 15.2 Å². The molecule has 1 aromatic heterocycles. The van der Waals surface area contributed by atoms with Crippen LogP contribution in [-0.2, 0) is 11.2 Å². The minimum Gasteiger partial charge on any atom is -0.497 e. The van der Waals surface area contributed by atoms with Gasteiger partial charge in [0.25, 0.3) is 11.8 Å². The van der Waals surface area contributed by atoms with Gasteiger partial charge in [0.05, 0.1) is 12.8 Å². The number of amides is 4. The van der Waals surface area contributed by atoms with Crippen LogP contribution in [0.2, 0.25) is 0 Å². The lowest BCUT2D eigenvalue weighted by Crippen LogP contribution is -2.44. The van der Waals surface area contributed by atoms with Gasteiger partial charge >= 0.3 is 6.03 Å². The maximum Gasteiger partial charge on any atom is 0.332 e. The number of hydrogen-bond acceptors (Lipinski definition) is 4. The zero-order valence-corrected chi connectivity index (χ0v) is 21.2. The van der Waals surface area contributed by atoms with E-state index in [9.17, 15) is 14.4 Å². The predicted molar refractivity (Wildman–Crippen MR) is 144 cm³/mol. The number of aromatic nitrogens is 1. The molecular weight excluding hydrogens is 480 g/mol. The molecule has 4 aromatic rings. The zero-order chi connectivity index (χ0) is 26.4. The first-order chi connectivity index (χ1) is 18.5. The highest BCUT2D eigenvalue weighted by atomic mass is 16.5. The summed E-state index contributed by atoms with van der Waals surface area (Å²) in [7, 11) is 1.61. The summed E-state index contributed by atoms with van der Waals surface area (Å²) in [6, 6.07) is 20.7. The zero-order valence-electron chi connectivity index (χ0n) is 21.2. The quantitative estimate of drug-likeness (QED) is 0.366. The molecule has 0 spiro atoms. The van der Waals surface area contributed by atoms with E-state index >= 15 is 0 Å². The van der Waals surface area contributed by atoms with Crippen LogP contribution >= 0.6 is 0 Å². The van der Waals surface area contributed by atoms with Crippen LogP contribution in [0.5, 0.6) is 5.75 Å². The third-order valence-electron chi connectivity index (χ3n) is 7.38. The molecule has 1 saturated heterocycles. The Kier molecular flexibility index (Phi) is 5.87. The molecule has 4 amide bonds. The number of nitrogens with zero attached hydrogens (tertiary/aromatic N) is 2. The third kappa shape index (κ3) is 3.72. The number of ether oxygens (including phenoxy) is 1. The van der Waals surface area contributed by atoms with Crippen LogP contribution in [0, 0.1) is 0 Å². The van der Waals surface area contributed by atoms with Crippen LogP contribution < -0.4 is 15.0 Å². The number of H-pyrrole nitrogens is 1. The van der Waals surface area contributed by atoms with Crippen LogP contribution in [-0.4, -0.2) is 47.4 Å². The van der Waals surface area contributed by atoms with Crippen LogP contribution in [0.1, 0.15) is 46.6 Å². The number of rotatable bonds is 6. The fourth-order valence-corrected chi connectivity index (χ4v) is 5.57. The third-order valence-corrected chi connectivity index (χ3v) is 7.38. The first-order valence-electron chi connectivity index (χ1n) is 12.8. The van der Waals surface area contributed by atoms with Gasteiger partial charge in [0.2, 0.25) is 0 Å². The van der Waals surface area contributed by atoms with E-state index in [1.807, 2.05) is 55.5 Å². The van der Waals surface area contributed by atoms with Crippen LogP contribution in [0.4, 0.5) is 10.5 Å². The molecular formula is C30H28N4O4. The van der Waals surface area contributed by atoms with Crippen molar-refractivity contribution in [1.29, 1.82) is 0 Å². The maximum absolute atomic E-state index is 14.0. The maximum atomic E-state index is 14.0. The molecule has 6 rings (SSSR count). The van der Waals surface area contributed by atoms with Crippen molar-refractivity contribution in [3.63, 3.8) is 0 Å². The Balaban J connectivity index is 1.42. The van der Waals surface area contributed by atoms with E-state index < -0.39 is 12.1 Å². The van der Waals surface area contributed by atoms with Crippen molar-refractivity contribution in [2.75, 3.05) is 18.6 Å². The first kappa shape index (κ1) is 23.8. The molecule has 2 atom stereocenters. The molecule has 8 heteroatoms. The predicted octanol–water partition coefficient (Wildman–Crippen LogP) is 4.80. The molecule has 1 fully saturated rings.